The molecule has 2 N–H and O–H groups in total. The van der Waals surface area contributed by atoms with E-state index in [-0.39, 0.29) is 11.8 Å². The molecule has 0 aliphatic heterocycles. The zero-order valence-electron chi connectivity index (χ0n) is 15.3. The van der Waals surface area contributed by atoms with Crippen LogP contribution in [0.2, 0.25) is 0 Å². The Hall–Kier alpha value is -3.03. The van der Waals surface area contributed by atoms with Gasteiger partial charge in [-0.05, 0) is 30.9 Å². The zero-order valence-corrected chi connectivity index (χ0v) is 16.9. The summed E-state index contributed by atoms with van der Waals surface area (Å²) in [5.41, 5.74) is 7.54. The maximum Gasteiger partial charge on any atom is 0.281 e. The summed E-state index contributed by atoms with van der Waals surface area (Å²) in [7, 11) is 0. The third-order valence-electron chi connectivity index (χ3n) is 4.36. The molecule has 0 aliphatic rings. The van der Waals surface area contributed by atoms with Crippen LogP contribution in [0, 0.1) is 13.8 Å². The predicted octanol–water partition coefficient (Wildman–Crippen LogP) is 4.72. The summed E-state index contributed by atoms with van der Waals surface area (Å²) in [5.74, 6) is -0.693. The second kappa shape index (κ2) is 7.53. The molecule has 0 aliphatic carbocycles. The second-order valence-electron chi connectivity index (χ2n) is 6.26. The number of thiazole rings is 1. The molecule has 0 radical (unpaired) electrons. The van der Waals surface area contributed by atoms with Crippen molar-refractivity contribution in [2.45, 2.75) is 13.8 Å². The zero-order chi connectivity index (χ0) is 19.7. The number of rotatable bonds is 3. The number of hydrogen-bond acceptors (Lipinski definition) is 5. The molecule has 0 saturated heterocycles. The Morgan fingerprint density at radius 3 is 2.18 bits per heavy atom. The molecule has 4 rings (SSSR count). The number of amides is 2. The molecule has 0 spiro atoms. The molecule has 0 unspecified atom stereocenters. The van der Waals surface area contributed by atoms with Crippen molar-refractivity contribution in [1.82, 2.24) is 15.8 Å². The Bertz CT molecular complexity index is 1180. The van der Waals surface area contributed by atoms with Gasteiger partial charge in [-0.3, -0.25) is 20.4 Å². The Morgan fingerprint density at radius 1 is 0.821 bits per heavy atom. The summed E-state index contributed by atoms with van der Waals surface area (Å²) in [4.78, 5) is 30.7. The number of aryl methyl sites for hydroxylation is 2. The van der Waals surface area contributed by atoms with Gasteiger partial charge in [0.25, 0.3) is 11.8 Å². The quantitative estimate of drug-likeness (QED) is 0.483. The molecule has 7 heteroatoms. The van der Waals surface area contributed by atoms with Gasteiger partial charge in [0.1, 0.15) is 9.88 Å². The Balaban J connectivity index is 1.49. The van der Waals surface area contributed by atoms with Crippen LogP contribution in [0.1, 0.15) is 30.6 Å². The van der Waals surface area contributed by atoms with E-state index in [0.717, 1.165) is 26.2 Å². The lowest BCUT2D eigenvalue weighted by Crippen LogP contribution is -2.41. The number of carbonyl (C=O) groups excluding carboxylic acids is 2. The molecule has 0 fully saturated rings. The molecule has 140 valence electrons. The van der Waals surface area contributed by atoms with Crippen LogP contribution in [0.4, 0.5) is 0 Å². The average Bonchev–Trinajstić information content (AvgIpc) is 3.27. The van der Waals surface area contributed by atoms with Crippen LogP contribution in [0.15, 0.2) is 54.6 Å². The minimum atomic E-state index is -0.371. The summed E-state index contributed by atoms with van der Waals surface area (Å²) >= 11 is 2.71. The Labute approximate surface area is 170 Å². The second-order valence-corrected chi connectivity index (χ2v) is 8.31. The first-order valence-corrected chi connectivity index (χ1v) is 10.3. The summed E-state index contributed by atoms with van der Waals surface area (Å²) in [5, 5.41) is 1.82. The number of fused-ring (bicyclic) bond motifs is 1. The van der Waals surface area contributed by atoms with Gasteiger partial charge in [-0.15, -0.1) is 22.7 Å². The number of nitrogens with one attached hydrogen (secondary N) is 2. The van der Waals surface area contributed by atoms with Crippen molar-refractivity contribution in [3.05, 3.63) is 75.6 Å². The van der Waals surface area contributed by atoms with Gasteiger partial charge in [0, 0.05) is 10.3 Å². The first-order chi connectivity index (χ1) is 13.5. The van der Waals surface area contributed by atoms with Gasteiger partial charge in [0.05, 0.1) is 10.6 Å². The highest BCUT2D eigenvalue weighted by Crippen LogP contribution is 2.30. The van der Waals surface area contributed by atoms with Crippen molar-refractivity contribution in [3.63, 3.8) is 0 Å². The Morgan fingerprint density at radius 2 is 1.46 bits per heavy atom. The third-order valence-corrected chi connectivity index (χ3v) is 6.84. The fourth-order valence-corrected chi connectivity index (χ4v) is 5.00. The van der Waals surface area contributed by atoms with Crippen LogP contribution in [0.5, 0.6) is 0 Å². The summed E-state index contributed by atoms with van der Waals surface area (Å²) in [6, 6.07) is 17.6. The van der Waals surface area contributed by atoms with Crippen molar-refractivity contribution >= 4 is 44.6 Å². The lowest BCUT2D eigenvalue weighted by molar-refractivity contribution is 0.0850. The van der Waals surface area contributed by atoms with E-state index in [4.69, 9.17) is 0 Å². The fraction of sp³-hybridized carbons (Fsp3) is 0.0952. The van der Waals surface area contributed by atoms with E-state index in [0.29, 0.717) is 15.4 Å². The van der Waals surface area contributed by atoms with Crippen LogP contribution >= 0.6 is 22.7 Å². The van der Waals surface area contributed by atoms with Gasteiger partial charge in [-0.1, -0.05) is 48.5 Å². The predicted molar refractivity (Wildman–Crippen MR) is 114 cm³/mol. The Kier molecular flexibility index (Phi) is 4.93. The average molecular weight is 408 g/mol. The fourth-order valence-electron chi connectivity index (χ4n) is 2.93. The maximum absolute atomic E-state index is 12.6. The smallest absolute Gasteiger partial charge is 0.266 e. The number of hydrazine groups is 1. The van der Waals surface area contributed by atoms with Crippen LogP contribution < -0.4 is 10.9 Å². The first-order valence-electron chi connectivity index (χ1n) is 8.66. The molecule has 5 nitrogen and oxygen atoms in total. The van der Waals surface area contributed by atoms with Gasteiger partial charge in [0.15, 0.2) is 0 Å². The van der Waals surface area contributed by atoms with Gasteiger partial charge in [-0.2, -0.15) is 0 Å². The number of aromatic nitrogens is 1. The van der Waals surface area contributed by atoms with E-state index >= 15 is 0 Å². The van der Waals surface area contributed by atoms with Crippen LogP contribution in [0.25, 0.3) is 20.7 Å². The van der Waals surface area contributed by atoms with Crippen LogP contribution in [-0.4, -0.2) is 16.8 Å². The van der Waals surface area contributed by atoms with Crippen molar-refractivity contribution in [1.29, 1.82) is 0 Å². The molecule has 4 aromatic rings. The molecule has 0 atom stereocenters. The summed E-state index contributed by atoms with van der Waals surface area (Å²) in [6.07, 6.45) is 0. The minimum absolute atomic E-state index is 0.322. The van der Waals surface area contributed by atoms with Gasteiger partial charge < -0.3 is 0 Å². The van der Waals surface area contributed by atoms with Gasteiger partial charge >= 0.3 is 0 Å². The molecule has 0 saturated carbocycles. The molecule has 2 aromatic carbocycles. The molecule has 2 heterocycles. The minimum Gasteiger partial charge on any atom is -0.266 e. The normalized spacial score (nSPS) is 10.8. The SMILES string of the molecule is Cc1nc(-c2ccccc2)sc1C(=O)NNC(=O)c1sc2ccccc2c1C. The van der Waals surface area contributed by atoms with E-state index in [2.05, 4.69) is 15.8 Å². The lowest BCUT2D eigenvalue weighted by atomic mass is 10.1. The molecular weight excluding hydrogens is 390 g/mol. The number of carbonyl (C=O) groups is 2. The molecule has 28 heavy (non-hydrogen) atoms. The highest BCUT2D eigenvalue weighted by Gasteiger charge is 2.19. The number of benzene rings is 2. The van der Waals surface area contributed by atoms with E-state index in [1.807, 2.05) is 61.5 Å². The first kappa shape index (κ1) is 18.3. The van der Waals surface area contributed by atoms with E-state index in [1.165, 1.54) is 22.7 Å². The molecule has 2 aromatic heterocycles. The van der Waals surface area contributed by atoms with E-state index in [9.17, 15) is 9.59 Å². The number of hydrogen-bond donors (Lipinski definition) is 2. The molecule has 0 bridgehead atoms. The number of thiophene rings is 1. The third kappa shape index (κ3) is 3.42. The largest absolute Gasteiger partial charge is 0.281 e. The number of nitrogens with zero attached hydrogens (tertiary/aromatic N) is 1. The maximum atomic E-state index is 12.6. The van der Waals surface area contributed by atoms with Crippen LogP contribution in [0.3, 0.4) is 0 Å². The standard InChI is InChI=1S/C21H17N3O2S2/c1-12-15-10-6-7-11-16(15)27-17(12)19(25)23-24-20(26)18-13(2)22-21(28-18)14-8-4-3-5-9-14/h3-11H,1-2H3,(H,23,25)(H,24,26). The molecular formula is C21H17N3O2S2. The monoisotopic (exact) mass is 407 g/mol. The van der Waals surface area contributed by atoms with Gasteiger partial charge in [0.2, 0.25) is 0 Å². The van der Waals surface area contributed by atoms with Gasteiger partial charge in [-0.25, -0.2) is 4.98 Å². The molecule has 2 amide bonds. The van der Waals surface area contributed by atoms with E-state index < -0.39 is 0 Å². The van der Waals surface area contributed by atoms with Crippen molar-refractivity contribution in [2.75, 3.05) is 0 Å². The van der Waals surface area contributed by atoms with Crippen molar-refractivity contribution in [3.8, 4) is 10.6 Å². The summed E-state index contributed by atoms with van der Waals surface area (Å²) in [6.45, 7) is 3.70. The lowest BCUT2D eigenvalue weighted by Gasteiger charge is -2.06. The van der Waals surface area contributed by atoms with Crippen molar-refractivity contribution < 1.29 is 9.59 Å². The highest BCUT2D eigenvalue weighted by atomic mass is 32.1. The van der Waals surface area contributed by atoms with Crippen molar-refractivity contribution in [2.24, 2.45) is 0 Å². The van der Waals surface area contributed by atoms with Crippen LogP contribution in [-0.2, 0) is 0 Å². The highest BCUT2D eigenvalue weighted by molar-refractivity contribution is 7.21. The topological polar surface area (TPSA) is 71.1 Å². The van der Waals surface area contributed by atoms with E-state index in [1.54, 1.807) is 6.92 Å². The summed E-state index contributed by atoms with van der Waals surface area (Å²) < 4.78 is 1.04.